The Morgan fingerprint density at radius 1 is 1.57 bits per heavy atom. The molecule has 1 aromatic carbocycles. The van der Waals surface area contributed by atoms with Crippen LogP contribution < -0.4 is 0 Å². The second-order valence-corrected chi connectivity index (χ2v) is 5.48. The number of rotatable bonds is 2. The molecule has 72 valence electrons. The molecule has 0 atom stereocenters. The molecule has 0 fully saturated rings. The van der Waals surface area contributed by atoms with Crippen molar-refractivity contribution in [1.82, 2.24) is 0 Å². The van der Waals surface area contributed by atoms with Crippen LogP contribution in [-0.2, 0) is 5.33 Å². The largest absolute Gasteiger partial charge is 0.298 e. The van der Waals surface area contributed by atoms with Gasteiger partial charge < -0.3 is 0 Å². The summed E-state index contributed by atoms with van der Waals surface area (Å²) in [7, 11) is 0. The van der Waals surface area contributed by atoms with Crippen molar-refractivity contribution in [1.29, 1.82) is 0 Å². The number of carbonyl (C=O) groups excluding carboxylic acids is 1. The fourth-order valence-corrected chi connectivity index (χ4v) is 4.14. The monoisotopic (exact) mass is 380 g/mol. The lowest BCUT2D eigenvalue weighted by molar-refractivity contribution is 0.112. The predicted octanol–water partition coefficient (Wildman–Crippen LogP) is 4.21. The first kappa shape index (κ1) is 10.6. The van der Waals surface area contributed by atoms with Gasteiger partial charge in [-0.25, -0.2) is 0 Å². The van der Waals surface area contributed by atoms with Gasteiger partial charge in [0, 0.05) is 24.5 Å². The van der Waals surface area contributed by atoms with Crippen LogP contribution in [0.2, 0.25) is 0 Å². The van der Waals surface area contributed by atoms with E-state index < -0.39 is 0 Å². The molecule has 2 aromatic rings. The quantitative estimate of drug-likeness (QED) is 0.433. The van der Waals surface area contributed by atoms with E-state index in [1.807, 2.05) is 6.07 Å². The molecular formula is C10H6BrIOS. The van der Waals surface area contributed by atoms with E-state index in [-0.39, 0.29) is 0 Å². The average Bonchev–Trinajstić information content (AvgIpc) is 2.66. The SMILES string of the molecule is O=Cc1cc(I)c2ccsc2c1CBr. The molecule has 0 N–H and O–H groups in total. The van der Waals surface area contributed by atoms with Crippen molar-refractivity contribution in [2.24, 2.45) is 0 Å². The molecule has 14 heavy (non-hydrogen) atoms. The van der Waals surface area contributed by atoms with Gasteiger partial charge in [-0.3, -0.25) is 4.79 Å². The Morgan fingerprint density at radius 2 is 2.36 bits per heavy atom. The first-order valence-electron chi connectivity index (χ1n) is 3.97. The van der Waals surface area contributed by atoms with Gasteiger partial charge in [0.05, 0.1) is 0 Å². The molecule has 0 saturated carbocycles. The van der Waals surface area contributed by atoms with Crippen molar-refractivity contribution < 1.29 is 4.79 Å². The Hall–Kier alpha value is 0.0600. The molecule has 0 amide bonds. The maximum atomic E-state index is 10.9. The molecule has 2 rings (SSSR count). The minimum absolute atomic E-state index is 0.731. The third kappa shape index (κ3) is 1.63. The first-order chi connectivity index (χ1) is 6.77. The van der Waals surface area contributed by atoms with Crippen LogP contribution in [0.5, 0.6) is 0 Å². The van der Waals surface area contributed by atoms with Crippen LogP contribution in [0.15, 0.2) is 17.5 Å². The second-order valence-electron chi connectivity index (χ2n) is 2.84. The van der Waals surface area contributed by atoms with Gasteiger partial charge in [-0.2, -0.15) is 0 Å². The Morgan fingerprint density at radius 3 is 3.00 bits per heavy atom. The zero-order chi connectivity index (χ0) is 10.1. The lowest BCUT2D eigenvalue weighted by atomic mass is 10.1. The topological polar surface area (TPSA) is 17.1 Å². The number of aldehydes is 1. The van der Waals surface area contributed by atoms with Gasteiger partial charge in [0.15, 0.2) is 0 Å². The van der Waals surface area contributed by atoms with Crippen molar-refractivity contribution >= 4 is 66.2 Å². The molecule has 1 nitrogen and oxygen atoms in total. The standard InChI is InChI=1S/C10H6BrIOS/c11-4-8-6(5-13)3-9(12)7-1-2-14-10(7)8/h1-3,5H,4H2. The number of alkyl halides is 1. The van der Waals surface area contributed by atoms with E-state index >= 15 is 0 Å². The van der Waals surface area contributed by atoms with Gasteiger partial charge in [-0.05, 0) is 45.7 Å². The molecule has 0 aliphatic heterocycles. The van der Waals surface area contributed by atoms with Gasteiger partial charge in [-0.1, -0.05) is 15.9 Å². The number of hydrogen-bond donors (Lipinski definition) is 0. The maximum Gasteiger partial charge on any atom is 0.150 e. The van der Waals surface area contributed by atoms with Gasteiger partial charge in [0.25, 0.3) is 0 Å². The fraction of sp³-hybridized carbons (Fsp3) is 0.100. The van der Waals surface area contributed by atoms with Gasteiger partial charge >= 0.3 is 0 Å². The van der Waals surface area contributed by atoms with Crippen LogP contribution in [0, 0.1) is 3.57 Å². The van der Waals surface area contributed by atoms with E-state index in [0.29, 0.717) is 0 Å². The van der Waals surface area contributed by atoms with E-state index in [1.165, 1.54) is 10.1 Å². The first-order valence-corrected chi connectivity index (χ1v) is 7.05. The van der Waals surface area contributed by atoms with Crippen LogP contribution in [0.4, 0.5) is 0 Å². The zero-order valence-corrected chi connectivity index (χ0v) is 11.6. The van der Waals surface area contributed by atoms with Gasteiger partial charge in [-0.15, -0.1) is 11.3 Å². The molecule has 4 heteroatoms. The molecule has 0 radical (unpaired) electrons. The van der Waals surface area contributed by atoms with Gasteiger partial charge in [0.1, 0.15) is 6.29 Å². The van der Waals surface area contributed by atoms with Crippen LogP contribution in [0.3, 0.4) is 0 Å². The predicted molar refractivity (Wildman–Crippen MR) is 72.6 cm³/mol. The molecule has 0 saturated heterocycles. The summed E-state index contributed by atoms with van der Waals surface area (Å²) in [4.78, 5) is 10.9. The summed E-state index contributed by atoms with van der Waals surface area (Å²) in [5.74, 6) is 0. The van der Waals surface area contributed by atoms with Crippen LogP contribution in [-0.4, -0.2) is 6.29 Å². The molecule has 0 spiro atoms. The summed E-state index contributed by atoms with van der Waals surface area (Å²) >= 11 is 7.38. The molecule has 1 heterocycles. The van der Waals surface area contributed by atoms with E-state index in [1.54, 1.807) is 11.3 Å². The minimum atomic E-state index is 0.731. The van der Waals surface area contributed by atoms with Crippen LogP contribution in [0.1, 0.15) is 15.9 Å². The molecule has 0 aliphatic rings. The third-order valence-electron chi connectivity index (χ3n) is 2.09. The van der Waals surface area contributed by atoms with E-state index in [9.17, 15) is 4.79 Å². The normalized spacial score (nSPS) is 10.7. The number of benzene rings is 1. The molecule has 1 aromatic heterocycles. The molecule has 0 unspecified atom stereocenters. The smallest absolute Gasteiger partial charge is 0.150 e. The van der Waals surface area contributed by atoms with Crippen molar-refractivity contribution in [2.45, 2.75) is 5.33 Å². The van der Waals surface area contributed by atoms with E-state index in [2.05, 4.69) is 50.0 Å². The Labute approximate surface area is 108 Å². The number of thiophene rings is 1. The number of carbonyl (C=O) groups is 1. The summed E-state index contributed by atoms with van der Waals surface area (Å²) < 4.78 is 2.36. The Kier molecular flexibility index (Phi) is 3.23. The average molecular weight is 381 g/mol. The van der Waals surface area contributed by atoms with Crippen molar-refractivity contribution in [3.8, 4) is 0 Å². The highest BCUT2D eigenvalue weighted by Gasteiger charge is 2.10. The number of fused-ring (bicyclic) bond motifs is 1. The van der Waals surface area contributed by atoms with E-state index in [4.69, 9.17) is 0 Å². The fourth-order valence-electron chi connectivity index (χ4n) is 1.41. The Bertz CT molecular complexity index is 492. The zero-order valence-electron chi connectivity index (χ0n) is 7.09. The number of halogens is 2. The third-order valence-corrected chi connectivity index (χ3v) is 4.52. The van der Waals surface area contributed by atoms with Crippen molar-refractivity contribution in [2.75, 3.05) is 0 Å². The van der Waals surface area contributed by atoms with Crippen LogP contribution >= 0.6 is 49.9 Å². The van der Waals surface area contributed by atoms with E-state index in [0.717, 1.165) is 26.3 Å². The molecule has 0 aliphatic carbocycles. The lowest BCUT2D eigenvalue weighted by Crippen LogP contribution is -1.91. The highest BCUT2D eigenvalue weighted by atomic mass is 127. The summed E-state index contributed by atoms with van der Waals surface area (Å²) in [6, 6.07) is 4.04. The summed E-state index contributed by atoms with van der Waals surface area (Å²) in [6.45, 7) is 0. The lowest BCUT2D eigenvalue weighted by Gasteiger charge is -2.04. The highest BCUT2D eigenvalue weighted by Crippen LogP contribution is 2.32. The maximum absolute atomic E-state index is 10.9. The van der Waals surface area contributed by atoms with Crippen molar-refractivity contribution in [3.63, 3.8) is 0 Å². The summed E-state index contributed by atoms with van der Waals surface area (Å²) in [6.07, 6.45) is 0.928. The van der Waals surface area contributed by atoms with Crippen LogP contribution in [0.25, 0.3) is 10.1 Å². The molecular weight excluding hydrogens is 375 g/mol. The second kappa shape index (κ2) is 4.28. The van der Waals surface area contributed by atoms with Gasteiger partial charge in [0.2, 0.25) is 0 Å². The summed E-state index contributed by atoms with van der Waals surface area (Å²) in [5, 5.41) is 4.04. The minimum Gasteiger partial charge on any atom is -0.298 e. The summed E-state index contributed by atoms with van der Waals surface area (Å²) in [5.41, 5.74) is 1.90. The Balaban J connectivity index is 2.88. The molecule has 0 bridgehead atoms. The number of hydrogen-bond acceptors (Lipinski definition) is 2. The highest BCUT2D eigenvalue weighted by molar-refractivity contribution is 14.1. The van der Waals surface area contributed by atoms with Crippen molar-refractivity contribution in [3.05, 3.63) is 32.2 Å².